The summed E-state index contributed by atoms with van der Waals surface area (Å²) >= 11 is 0. The molecular formula is C20H23N3O5. The second kappa shape index (κ2) is 6.61. The SMILES string of the molecule is CC1(C)CN(C(=O)COc2cccc3c2CN(C2CCC(=O)NC2=O)C3=O)C1. The van der Waals surface area contributed by atoms with Crippen molar-refractivity contribution in [2.75, 3.05) is 19.7 Å². The molecule has 0 bridgehead atoms. The summed E-state index contributed by atoms with van der Waals surface area (Å²) in [5.74, 6) is -0.625. The van der Waals surface area contributed by atoms with Crippen LogP contribution < -0.4 is 10.1 Å². The van der Waals surface area contributed by atoms with Gasteiger partial charge in [0.15, 0.2) is 6.61 Å². The Morgan fingerprint density at radius 1 is 1.25 bits per heavy atom. The van der Waals surface area contributed by atoms with Crippen molar-refractivity contribution < 1.29 is 23.9 Å². The minimum atomic E-state index is -0.671. The maximum Gasteiger partial charge on any atom is 0.260 e. The van der Waals surface area contributed by atoms with Crippen molar-refractivity contribution in [1.82, 2.24) is 15.1 Å². The molecule has 0 spiro atoms. The first-order chi connectivity index (χ1) is 13.2. The van der Waals surface area contributed by atoms with E-state index in [1.165, 1.54) is 4.90 Å². The summed E-state index contributed by atoms with van der Waals surface area (Å²) in [5, 5.41) is 2.29. The van der Waals surface area contributed by atoms with Crippen LogP contribution in [0.4, 0.5) is 0 Å². The molecule has 2 fully saturated rings. The Bertz CT molecular complexity index is 871. The average molecular weight is 385 g/mol. The largest absolute Gasteiger partial charge is 0.483 e. The Hall–Kier alpha value is -2.90. The van der Waals surface area contributed by atoms with Gasteiger partial charge in [-0.1, -0.05) is 19.9 Å². The van der Waals surface area contributed by atoms with Gasteiger partial charge in [0.05, 0.1) is 6.54 Å². The Morgan fingerprint density at radius 2 is 2.00 bits per heavy atom. The molecule has 0 aromatic heterocycles. The maximum absolute atomic E-state index is 12.8. The third kappa shape index (κ3) is 3.23. The van der Waals surface area contributed by atoms with Gasteiger partial charge in [0, 0.05) is 30.6 Å². The second-order valence-electron chi connectivity index (χ2n) is 8.38. The van der Waals surface area contributed by atoms with Crippen molar-refractivity contribution in [3.63, 3.8) is 0 Å². The molecular weight excluding hydrogens is 362 g/mol. The van der Waals surface area contributed by atoms with Gasteiger partial charge >= 0.3 is 0 Å². The van der Waals surface area contributed by atoms with Crippen LogP contribution in [0.15, 0.2) is 18.2 Å². The summed E-state index contributed by atoms with van der Waals surface area (Å²) in [7, 11) is 0. The van der Waals surface area contributed by atoms with Crippen LogP contribution in [0, 0.1) is 5.41 Å². The predicted octanol–water partition coefficient (Wildman–Crippen LogP) is 0.695. The molecule has 1 aromatic carbocycles. The molecule has 0 radical (unpaired) electrons. The highest BCUT2D eigenvalue weighted by Gasteiger charge is 2.40. The third-order valence-corrected chi connectivity index (χ3v) is 5.48. The van der Waals surface area contributed by atoms with Gasteiger partial charge in [-0.25, -0.2) is 0 Å². The zero-order valence-electron chi connectivity index (χ0n) is 16.0. The Kier molecular flexibility index (Phi) is 4.36. The van der Waals surface area contributed by atoms with Gasteiger partial charge in [-0.05, 0) is 24.0 Å². The van der Waals surface area contributed by atoms with Crippen molar-refractivity contribution in [3.8, 4) is 5.75 Å². The number of hydrogen-bond donors (Lipinski definition) is 1. The first kappa shape index (κ1) is 18.5. The van der Waals surface area contributed by atoms with E-state index in [9.17, 15) is 19.2 Å². The summed E-state index contributed by atoms with van der Waals surface area (Å²) in [4.78, 5) is 51.8. The van der Waals surface area contributed by atoms with E-state index < -0.39 is 11.9 Å². The van der Waals surface area contributed by atoms with Crippen LogP contribution in [0.1, 0.15) is 42.6 Å². The highest BCUT2D eigenvalue weighted by atomic mass is 16.5. The van der Waals surface area contributed by atoms with Crippen molar-refractivity contribution in [2.24, 2.45) is 5.41 Å². The van der Waals surface area contributed by atoms with Crippen LogP contribution in [0.5, 0.6) is 5.75 Å². The fourth-order valence-corrected chi connectivity index (χ4v) is 4.09. The van der Waals surface area contributed by atoms with E-state index in [2.05, 4.69) is 19.2 Å². The number of ether oxygens (including phenoxy) is 1. The number of rotatable bonds is 4. The number of likely N-dealkylation sites (tertiary alicyclic amines) is 1. The molecule has 4 rings (SSSR count). The molecule has 1 aromatic rings. The molecule has 8 heteroatoms. The van der Waals surface area contributed by atoms with Gasteiger partial charge in [-0.15, -0.1) is 0 Å². The number of benzene rings is 1. The molecule has 1 unspecified atom stereocenters. The van der Waals surface area contributed by atoms with Crippen molar-refractivity contribution in [2.45, 2.75) is 39.3 Å². The second-order valence-corrected chi connectivity index (χ2v) is 8.38. The average Bonchev–Trinajstić information content (AvgIpc) is 2.95. The fraction of sp³-hybridized carbons (Fsp3) is 0.500. The molecule has 1 N–H and O–H groups in total. The number of hydrogen-bond acceptors (Lipinski definition) is 5. The van der Waals surface area contributed by atoms with Gasteiger partial charge in [0.2, 0.25) is 11.8 Å². The summed E-state index contributed by atoms with van der Waals surface area (Å²) in [6.07, 6.45) is 0.518. The lowest BCUT2D eigenvalue weighted by atomic mass is 9.84. The van der Waals surface area contributed by atoms with Crippen LogP contribution >= 0.6 is 0 Å². The number of imide groups is 1. The summed E-state index contributed by atoms with van der Waals surface area (Å²) < 4.78 is 5.74. The van der Waals surface area contributed by atoms with Crippen LogP contribution in [0.2, 0.25) is 0 Å². The maximum atomic E-state index is 12.8. The third-order valence-electron chi connectivity index (χ3n) is 5.48. The molecule has 0 saturated carbocycles. The molecule has 3 heterocycles. The molecule has 0 aliphatic carbocycles. The van der Waals surface area contributed by atoms with E-state index in [1.807, 2.05) is 0 Å². The fourth-order valence-electron chi connectivity index (χ4n) is 4.09. The first-order valence-electron chi connectivity index (χ1n) is 9.42. The van der Waals surface area contributed by atoms with Gasteiger partial charge < -0.3 is 14.5 Å². The van der Waals surface area contributed by atoms with E-state index in [1.54, 1.807) is 23.1 Å². The highest BCUT2D eigenvalue weighted by Crippen LogP contribution is 2.34. The number of nitrogens with one attached hydrogen (secondary N) is 1. The topological polar surface area (TPSA) is 96.0 Å². The van der Waals surface area contributed by atoms with E-state index in [-0.39, 0.29) is 42.7 Å². The molecule has 28 heavy (non-hydrogen) atoms. The molecule has 148 valence electrons. The van der Waals surface area contributed by atoms with E-state index >= 15 is 0 Å². The van der Waals surface area contributed by atoms with Gasteiger partial charge in [0.1, 0.15) is 11.8 Å². The van der Waals surface area contributed by atoms with Crippen LogP contribution in [0.25, 0.3) is 0 Å². The lowest BCUT2D eigenvalue weighted by molar-refractivity contribution is -0.143. The van der Waals surface area contributed by atoms with Gasteiger partial charge in [-0.2, -0.15) is 0 Å². The minimum absolute atomic E-state index is 0.0803. The molecule has 2 saturated heterocycles. The van der Waals surface area contributed by atoms with Crippen LogP contribution in [0.3, 0.4) is 0 Å². The number of carbonyl (C=O) groups excluding carboxylic acids is 4. The number of carbonyl (C=O) groups is 4. The number of nitrogens with zero attached hydrogens (tertiary/aromatic N) is 2. The lowest BCUT2D eigenvalue weighted by Gasteiger charge is -2.45. The Balaban J connectivity index is 1.45. The molecule has 1 atom stereocenters. The minimum Gasteiger partial charge on any atom is -0.483 e. The monoisotopic (exact) mass is 385 g/mol. The quantitative estimate of drug-likeness (QED) is 0.770. The van der Waals surface area contributed by atoms with E-state index in [4.69, 9.17) is 4.74 Å². The zero-order valence-corrected chi connectivity index (χ0v) is 16.0. The molecule has 4 amide bonds. The lowest BCUT2D eigenvalue weighted by Crippen LogP contribution is -2.56. The summed E-state index contributed by atoms with van der Waals surface area (Å²) in [6.45, 7) is 5.78. The zero-order chi connectivity index (χ0) is 20.1. The van der Waals surface area contributed by atoms with Crippen molar-refractivity contribution >= 4 is 23.6 Å². The van der Waals surface area contributed by atoms with Crippen LogP contribution in [-0.4, -0.2) is 59.2 Å². The Labute approximate surface area is 162 Å². The van der Waals surface area contributed by atoms with Gasteiger partial charge in [-0.3, -0.25) is 24.5 Å². The smallest absolute Gasteiger partial charge is 0.260 e. The standard InChI is InChI=1S/C20H23N3O5/c1-20(2)10-22(11-20)17(25)9-28-15-5-3-4-12-13(15)8-23(19(12)27)14-6-7-16(24)21-18(14)26/h3-5,14H,6-11H2,1-2H3,(H,21,24,26). The molecule has 3 aliphatic heterocycles. The van der Waals surface area contributed by atoms with E-state index in [0.717, 1.165) is 0 Å². The first-order valence-corrected chi connectivity index (χ1v) is 9.42. The van der Waals surface area contributed by atoms with Gasteiger partial charge in [0.25, 0.3) is 11.8 Å². The number of amides is 4. The highest BCUT2D eigenvalue weighted by molar-refractivity contribution is 6.05. The normalized spacial score (nSPS) is 23.2. The predicted molar refractivity (Wildman–Crippen MR) is 98.3 cm³/mol. The van der Waals surface area contributed by atoms with E-state index in [0.29, 0.717) is 36.4 Å². The van der Waals surface area contributed by atoms with Crippen LogP contribution in [-0.2, 0) is 20.9 Å². The van der Waals surface area contributed by atoms with Crippen molar-refractivity contribution in [1.29, 1.82) is 0 Å². The number of fused-ring (bicyclic) bond motifs is 1. The molecule has 3 aliphatic rings. The summed E-state index contributed by atoms with van der Waals surface area (Å²) in [5.41, 5.74) is 1.30. The molecule has 8 nitrogen and oxygen atoms in total. The Morgan fingerprint density at radius 3 is 2.68 bits per heavy atom. The van der Waals surface area contributed by atoms with Crippen molar-refractivity contribution in [3.05, 3.63) is 29.3 Å². The number of piperidine rings is 1. The summed E-state index contributed by atoms with van der Waals surface area (Å²) in [6, 6.07) is 4.45.